The number of anilines is 3. The summed E-state index contributed by atoms with van der Waals surface area (Å²) in [7, 11) is 1.74. The molecule has 0 unspecified atom stereocenters. The molecule has 0 amide bonds. The molecule has 0 saturated heterocycles. The molecular formula is C18H21FN6S. The van der Waals surface area contributed by atoms with Gasteiger partial charge in [0.2, 0.25) is 5.95 Å². The third kappa shape index (κ3) is 5.06. The highest BCUT2D eigenvalue weighted by molar-refractivity contribution is 8.03. The third-order valence-electron chi connectivity index (χ3n) is 3.35. The number of nitrogen functional groups attached to an aromatic ring is 1. The van der Waals surface area contributed by atoms with Gasteiger partial charge in [-0.2, -0.15) is 9.97 Å². The average Bonchev–Trinajstić information content (AvgIpc) is 2.63. The van der Waals surface area contributed by atoms with Crippen molar-refractivity contribution < 1.29 is 4.39 Å². The molecule has 2 rings (SSSR count). The summed E-state index contributed by atoms with van der Waals surface area (Å²) in [5, 5.41) is 5.91. The highest BCUT2D eigenvalue weighted by atomic mass is 32.2. The zero-order chi connectivity index (χ0) is 19.1. The minimum Gasteiger partial charge on any atom is -0.373 e. The molecule has 26 heavy (non-hydrogen) atoms. The fourth-order valence-electron chi connectivity index (χ4n) is 2.09. The molecule has 6 nitrogen and oxygen atoms in total. The molecule has 0 aromatic carbocycles. The van der Waals surface area contributed by atoms with Crippen LogP contribution in [0.1, 0.15) is 12.5 Å². The van der Waals surface area contributed by atoms with E-state index in [0.717, 1.165) is 10.5 Å². The van der Waals surface area contributed by atoms with Crippen LogP contribution >= 0.6 is 11.8 Å². The van der Waals surface area contributed by atoms with Gasteiger partial charge in [-0.3, -0.25) is 4.98 Å². The van der Waals surface area contributed by atoms with Crippen LogP contribution in [0.4, 0.5) is 22.0 Å². The Balaban J connectivity index is 2.15. The molecule has 0 bridgehead atoms. The summed E-state index contributed by atoms with van der Waals surface area (Å²) in [6, 6.07) is 3.64. The Bertz CT molecular complexity index is 848. The molecule has 0 radical (unpaired) electrons. The molecule has 2 heterocycles. The van der Waals surface area contributed by atoms with Crippen molar-refractivity contribution in [2.24, 2.45) is 0 Å². The lowest BCUT2D eigenvalue weighted by Gasteiger charge is -2.12. The summed E-state index contributed by atoms with van der Waals surface area (Å²) in [5.74, 6) is 0.779. The second kappa shape index (κ2) is 9.00. The first-order valence-corrected chi connectivity index (χ1v) is 8.65. The fourth-order valence-corrected chi connectivity index (χ4v) is 2.88. The van der Waals surface area contributed by atoms with E-state index in [-0.39, 0.29) is 5.95 Å². The number of nitrogens with one attached hydrogen (secondary N) is 2. The van der Waals surface area contributed by atoms with E-state index in [1.165, 1.54) is 17.8 Å². The topological polar surface area (TPSA) is 88.8 Å². The Morgan fingerprint density at radius 3 is 2.54 bits per heavy atom. The Morgan fingerprint density at radius 2 is 1.92 bits per heavy atom. The standard InChI is InChI=1S/C18H21FN6S/c1-5-15(26-13-6-8-22-9-7-13)14(19)10-11(2)23-17-12(3)16(21-4)24-18(20)25-17/h5-10H,2H2,1,3-4H3,(H4,20,21,23,24,25)/b14-10+,15-5+. The van der Waals surface area contributed by atoms with E-state index >= 15 is 0 Å². The molecule has 0 fully saturated rings. The van der Waals surface area contributed by atoms with Crippen LogP contribution in [0.3, 0.4) is 0 Å². The molecule has 0 aliphatic rings. The molecule has 2 aromatic rings. The molecule has 0 aliphatic carbocycles. The van der Waals surface area contributed by atoms with Crippen molar-refractivity contribution >= 4 is 29.3 Å². The first kappa shape index (κ1) is 19.5. The van der Waals surface area contributed by atoms with Crippen LogP contribution in [0.5, 0.6) is 0 Å². The number of nitrogens with two attached hydrogens (primary N) is 1. The molecule has 0 atom stereocenters. The van der Waals surface area contributed by atoms with Crippen LogP contribution in [0.2, 0.25) is 0 Å². The Morgan fingerprint density at radius 1 is 1.27 bits per heavy atom. The Kier molecular flexibility index (Phi) is 6.74. The predicted octanol–water partition coefficient (Wildman–Crippen LogP) is 4.28. The van der Waals surface area contributed by atoms with Gasteiger partial charge >= 0.3 is 0 Å². The SMILES string of the molecule is C=C(/C=C(F)\C(=C/C)Sc1ccncc1)Nc1nc(N)nc(NC)c1C. The third-order valence-corrected chi connectivity index (χ3v) is 4.51. The summed E-state index contributed by atoms with van der Waals surface area (Å²) in [5.41, 5.74) is 6.80. The number of halogens is 1. The number of aromatic nitrogens is 3. The summed E-state index contributed by atoms with van der Waals surface area (Å²) in [4.78, 5) is 13.6. The minimum atomic E-state index is -0.402. The lowest BCUT2D eigenvalue weighted by Crippen LogP contribution is -2.08. The number of allylic oxidation sites excluding steroid dienone is 3. The molecule has 4 N–H and O–H groups in total. The molecule has 0 aliphatic heterocycles. The van der Waals surface area contributed by atoms with Crippen LogP contribution in [0, 0.1) is 6.92 Å². The maximum atomic E-state index is 14.6. The Hall–Kier alpha value is -2.87. The van der Waals surface area contributed by atoms with Gasteiger partial charge in [-0.15, -0.1) is 0 Å². The molecule has 8 heteroatoms. The first-order valence-electron chi connectivity index (χ1n) is 7.84. The summed E-state index contributed by atoms with van der Waals surface area (Å²) >= 11 is 1.31. The predicted molar refractivity (Wildman–Crippen MR) is 107 cm³/mol. The van der Waals surface area contributed by atoms with Gasteiger partial charge in [0.15, 0.2) is 0 Å². The zero-order valence-electron chi connectivity index (χ0n) is 14.9. The van der Waals surface area contributed by atoms with Crippen molar-refractivity contribution in [3.63, 3.8) is 0 Å². The van der Waals surface area contributed by atoms with Gasteiger partial charge in [0.05, 0.1) is 0 Å². The zero-order valence-corrected chi connectivity index (χ0v) is 15.7. The van der Waals surface area contributed by atoms with Gasteiger partial charge < -0.3 is 16.4 Å². The molecule has 136 valence electrons. The van der Waals surface area contributed by atoms with E-state index in [4.69, 9.17) is 5.73 Å². The van der Waals surface area contributed by atoms with Crippen molar-refractivity contribution in [1.82, 2.24) is 15.0 Å². The molecule has 2 aromatic heterocycles. The van der Waals surface area contributed by atoms with Gasteiger partial charge in [0.25, 0.3) is 0 Å². The first-order chi connectivity index (χ1) is 12.4. The maximum absolute atomic E-state index is 14.6. The monoisotopic (exact) mass is 372 g/mol. The maximum Gasteiger partial charge on any atom is 0.223 e. The van der Waals surface area contributed by atoms with E-state index in [9.17, 15) is 4.39 Å². The number of pyridine rings is 1. The lowest BCUT2D eigenvalue weighted by atomic mass is 10.3. The van der Waals surface area contributed by atoms with Crippen LogP contribution in [-0.4, -0.2) is 22.0 Å². The van der Waals surface area contributed by atoms with E-state index in [2.05, 4.69) is 32.2 Å². The van der Waals surface area contributed by atoms with Gasteiger partial charge in [0.1, 0.15) is 17.5 Å². The van der Waals surface area contributed by atoms with Crippen molar-refractivity contribution in [2.75, 3.05) is 23.4 Å². The van der Waals surface area contributed by atoms with Gasteiger partial charge in [-0.05, 0) is 32.1 Å². The van der Waals surface area contributed by atoms with Gasteiger partial charge in [0, 0.05) is 40.5 Å². The average molecular weight is 372 g/mol. The van der Waals surface area contributed by atoms with Crippen molar-refractivity contribution in [3.05, 3.63) is 65.2 Å². The van der Waals surface area contributed by atoms with E-state index in [1.54, 1.807) is 32.4 Å². The molecule has 0 spiro atoms. The normalized spacial score (nSPS) is 12.0. The highest BCUT2D eigenvalue weighted by Crippen LogP contribution is 2.32. The van der Waals surface area contributed by atoms with Crippen molar-refractivity contribution in [2.45, 2.75) is 18.7 Å². The number of hydrogen-bond acceptors (Lipinski definition) is 7. The minimum absolute atomic E-state index is 0.113. The Labute approximate surface area is 156 Å². The fraction of sp³-hybridized carbons (Fsp3) is 0.167. The number of thioether (sulfide) groups is 1. The van der Waals surface area contributed by atoms with E-state index < -0.39 is 5.83 Å². The van der Waals surface area contributed by atoms with Crippen LogP contribution in [-0.2, 0) is 0 Å². The second-order valence-corrected chi connectivity index (χ2v) is 6.35. The van der Waals surface area contributed by atoms with Crippen LogP contribution in [0.15, 0.2) is 64.6 Å². The number of nitrogens with zero attached hydrogens (tertiary/aromatic N) is 3. The highest BCUT2D eigenvalue weighted by Gasteiger charge is 2.11. The quantitative estimate of drug-likeness (QED) is 0.494. The van der Waals surface area contributed by atoms with E-state index in [0.29, 0.717) is 22.2 Å². The summed E-state index contributed by atoms with van der Waals surface area (Å²) in [6.07, 6.45) is 6.36. The lowest BCUT2D eigenvalue weighted by molar-refractivity contribution is 0.662. The molecule has 0 saturated carbocycles. The molecular weight excluding hydrogens is 351 g/mol. The van der Waals surface area contributed by atoms with E-state index in [1.807, 2.05) is 19.1 Å². The summed E-state index contributed by atoms with van der Waals surface area (Å²) < 4.78 is 14.6. The summed E-state index contributed by atoms with van der Waals surface area (Å²) in [6.45, 7) is 7.45. The van der Waals surface area contributed by atoms with Gasteiger partial charge in [-0.25, -0.2) is 4.39 Å². The second-order valence-electron chi connectivity index (χ2n) is 5.23. The van der Waals surface area contributed by atoms with Crippen LogP contribution < -0.4 is 16.4 Å². The van der Waals surface area contributed by atoms with Crippen molar-refractivity contribution in [3.8, 4) is 0 Å². The smallest absolute Gasteiger partial charge is 0.223 e. The number of rotatable bonds is 7. The van der Waals surface area contributed by atoms with Gasteiger partial charge in [-0.1, -0.05) is 24.4 Å². The van der Waals surface area contributed by atoms with Crippen molar-refractivity contribution in [1.29, 1.82) is 0 Å². The largest absolute Gasteiger partial charge is 0.373 e. The number of hydrogen-bond donors (Lipinski definition) is 3. The van der Waals surface area contributed by atoms with Crippen LogP contribution in [0.25, 0.3) is 0 Å².